The zero-order valence-corrected chi connectivity index (χ0v) is 12.5. The first kappa shape index (κ1) is 15.9. The lowest BCUT2D eigenvalue weighted by atomic mass is 10.2. The van der Waals surface area contributed by atoms with E-state index in [-0.39, 0.29) is 0 Å². The molecule has 4 nitrogen and oxygen atoms in total. The standard InChI is InChI=1S/C14H31N3O/c1-4-14(2)17-11-9-16(10-12-17)8-5-6-15-7-13-18-3/h14-15H,4-13H2,1-3H3. The summed E-state index contributed by atoms with van der Waals surface area (Å²) in [5, 5.41) is 3.40. The van der Waals surface area contributed by atoms with Crippen LogP contribution in [0.4, 0.5) is 0 Å². The first-order valence-electron chi connectivity index (χ1n) is 7.44. The molecule has 1 N–H and O–H groups in total. The fraction of sp³-hybridized carbons (Fsp3) is 1.00. The van der Waals surface area contributed by atoms with E-state index in [9.17, 15) is 0 Å². The minimum atomic E-state index is 0.753. The Morgan fingerprint density at radius 2 is 1.89 bits per heavy atom. The van der Waals surface area contributed by atoms with Crippen molar-refractivity contribution in [1.82, 2.24) is 15.1 Å². The molecule has 1 unspecified atom stereocenters. The molecule has 0 aromatic carbocycles. The lowest BCUT2D eigenvalue weighted by molar-refractivity contribution is 0.0998. The van der Waals surface area contributed by atoms with Gasteiger partial charge in [-0.3, -0.25) is 4.90 Å². The molecule has 108 valence electrons. The maximum absolute atomic E-state index is 5.00. The molecule has 0 saturated carbocycles. The molecule has 1 rings (SSSR count). The average Bonchev–Trinajstić information content (AvgIpc) is 2.42. The van der Waals surface area contributed by atoms with E-state index in [1.807, 2.05) is 0 Å². The van der Waals surface area contributed by atoms with Gasteiger partial charge in [0.1, 0.15) is 0 Å². The number of nitrogens with zero attached hydrogens (tertiary/aromatic N) is 2. The average molecular weight is 257 g/mol. The maximum atomic E-state index is 5.00. The van der Waals surface area contributed by atoms with Crippen molar-refractivity contribution in [3.8, 4) is 0 Å². The molecule has 0 aliphatic carbocycles. The van der Waals surface area contributed by atoms with Crippen LogP contribution in [0.2, 0.25) is 0 Å². The van der Waals surface area contributed by atoms with Gasteiger partial charge in [-0.2, -0.15) is 0 Å². The summed E-state index contributed by atoms with van der Waals surface area (Å²) in [7, 11) is 1.75. The van der Waals surface area contributed by atoms with Crippen LogP contribution in [0.15, 0.2) is 0 Å². The van der Waals surface area contributed by atoms with Gasteiger partial charge >= 0.3 is 0 Å². The van der Waals surface area contributed by atoms with E-state index in [1.165, 1.54) is 45.6 Å². The molecule has 1 atom stereocenters. The van der Waals surface area contributed by atoms with Crippen LogP contribution in [0.25, 0.3) is 0 Å². The van der Waals surface area contributed by atoms with Gasteiger partial charge in [-0.15, -0.1) is 0 Å². The molecule has 0 radical (unpaired) electrons. The van der Waals surface area contributed by atoms with Gasteiger partial charge in [0.15, 0.2) is 0 Å². The third-order valence-corrected chi connectivity index (χ3v) is 3.93. The van der Waals surface area contributed by atoms with E-state index in [0.29, 0.717) is 0 Å². The molecular formula is C14H31N3O. The summed E-state index contributed by atoms with van der Waals surface area (Å²) in [6, 6.07) is 0.753. The Labute approximate surface area is 113 Å². The largest absolute Gasteiger partial charge is 0.383 e. The summed E-state index contributed by atoms with van der Waals surface area (Å²) in [6.07, 6.45) is 2.51. The number of hydrogen-bond acceptors (Lipinski definition) is 4. The van der Waals surface area contributed by atoms with Gasteiger partial charge in [-0.25, -0.2) is 0 Å². The number of nitrogens with one attached hydrogen (secondary N) is 1. The van der Waals surface area contributed by atoms with Crippen LogP contribution in [0.1, 0.15) is 26.7 Å². The van der Waals surface area contributed by atoms with Crippen molar-refractivity contribution in [1.29, 1.82) is 0 Å². The third kappa shape index (κ3) is 6.14. The van der Waals surface area contributed by atoms with Crippen molar-refractivity contribution in [2.75, 3.05) is 59.5 Å². The minimum Gasteiger partial charge on any atom is -0.383 e. The maximum Gasteiger partial charge on any atom is 0.0587 e. The van der Waals surface area contributed by atoms with Crippen LogP contribution in [0.3, 0.4) is 0 Å². The Balaban J connectivity index is 1.98. The molecule has 1 aliphatic rings. The second-order valence-corrected chi connectivity index (χ2v) is 5.23. The summed E-state index contributed by atoms with van der Waals surface area (Å²) in [6.45, 7) is 13.7. The molecule has 1 heterocycles. The summed E-state index contributed by atoms with van der Waals surface area (Å²) < 4.78 is 5.00. The number of methoxy groups -OCH3 is 1. The lowest BCUT2D eigenvalue weighted by Gasteiger charge is -2.37. The second kappa shape index (κ2) is 9.73. The number of rotatable bonds is 9. The summed E-state index contributed by atoms with van der Waals surface area (Å²) >= 11 is 0. The van der Waals surface area contributed by atoms with E-state index < -0.39 is 0 Å². The zero-order valence-electron chi connectivity index (χ0n) is 12.5. The number of hydrogen-bond donors (Lipinski definition) is 1. The predicted octanol–water partition coefficient (Wildman–Crippen LogP) is 1.03. The minimum absolute atomic E-state index is 0.753. The van der Waals surface area contributed by atoms with E-state index in [4.69, 9.17) is 4.74 Å². The first-order valence-corrected chi connectivity index (χ1v) is 7.44. The van der Waals surface area contributed by atoms with Gasteiger partial charge in [-0.05, 0) is 32.9 Å². The molecular weight excluding hydrogens is 226 g/mol. The predicted molar refractivity (Wildman–Crippen MR) is 77.1 cm³/mol. The topological polar surface area (TPSA) is 27.7 Å². The molecule has 18 heavy (non-hydrogen) atoms. The fourth-order valence-corrected chi connectivity index (χ4v) is 2.41. The van der Waals surface area contributed by atoms with Crippen molar-refractivity contribution < 1.29 is 4.74 Å². The van der Waals surface area contributed by atoms with Crippen molar-refractivity contribution in [2.45, 2.75) is 32.7 Å². The Morgan fingerprint density at radius 1 is 1.17 bits per heavy atom. The van der Waals surface area contributed by atoms with Gasteiger partial charge in [0, 0.05) is 45.9 Å². The van der Waals surface area contributed by atoms with Gasteiger partial charge in [0.2, 0.25) is 0 Å². The van der Waals surface area contributed by atoms with Crippen LogP contribution in [-0.2, 0) is 4.74 Å². The highest BCUT2D eigenvalue weighted by Gasteiger charge is 2.19. The van der Waals surface area contributed by atoms with Crippen LogP contribution in [0, 0.1) is 0 Å². The smallest absolute Gasteiger partial charge is 0.0587 e. The summed E-state index contributed by atoms with van der Waals surface area (Å²) in [4.78, 5) is 5.21. The van der Waals surface area contributed by atoms with Gasteiger partial charge in [0.05, 0.1) is 6.61 Å². The Bertz CT molecular complexity index is 193. The van der Waals surface area contributed by atoms with Gasteiger partial charge in [-0.1, -0.05) is 6.92 Å². The van der Waals surface area contributed by atoms with Crippen LogP contribution in [-0.4, -0.2) is 75.4 Å². The van der Waals surface area contributed by atoms with Gasteiger partial charge in [0.25, 0.3) is 0 Å². The third-order valence-electron chi connectivity index (χ3n) is 3.93. The van der Waals surface area contributed by atoms with E-state index in [2.05, 4.69) is 29.0 Å². The molecule has 1 saturated heterocycles. The Hall–Kier alpha value is -0.160. The molecule has 4 heteroatoms. The SMILES string of the molecule is CCC(C)N1CCN(CCCNCCOC)CC1. The van der Waals surface area contributed by atoms with E-state index in [1.54, 1.807) is 7.11 Å². The molecule has 1 fully saturated rings. The second-order valence-electron chi connectivity index (χ2n) is 5.23. The zero-order chi connectivity index (χ0) is 13.2. The van der Waals surface area contributed by atoms with Crippen LogP contribution >= 0.6 is 0 Å². The molecule has 0 amide bonds. The first-order chi connectivity index (χ1) is 8.77. The Kier molecular flexibility index (Phi) is 8.59. The Morgan fingerprint density at radius 3 is 2.50 bits per heavy atom. The van der Waals surface area contributed by atoms with Crippen molar-refractivity contribution in [3.63, 3.8) is 0 Å². The highest BCUT2D eigenvalue weighted by molar-refractivity contribution is 4.75. The quantitative estimate of drug-likeness (QED) is 0.624. The summed E-state index contributed by atoms with van der Waals surface area (Å²) in [5.74, 6) is 0. The molecule has 0 spiro atoms. The highest BCUT2D eigenvalue weighted by atomic mass is 16.5. The summed E-state index contributed by atoms with van der Waals surface area (Å²) in [5.41, 5.74) is 0. The normalized spacial score (nSPS) is 20.2. The highest BCUT2D eigenvalue weighted by Crippen LogP contribution is 2.08. The van der Waals surface area contributed by atoms with Crippen molar-refractivity contribution in [3.05, 3.63) is 0 Å². The monoisotopic (exact) mass is 257 g/mol. The molecule has 1 aliphatic heterocycles. The molecule has 0 aromatic rings. The molecule has 0 aromatic heterocycles. The van der Waals surface area contributed by atoms with Crippen LogP contribution < -0.4 is 5.32 Å². The van der Waals surface area contributed by atoms with Crippen molar-refractivity contribution >= 4 is 0 Å². The number of piperazine rings is 1. The lowest BCUT2D eigenvalue weighted by Crippen LogP contribution is -2.49. The van der Waals surface area contributed by atoms with Crippen LogP contribution in [0.5, 0.6) is 0 Å². The van der Waals surface area contributed by atoms with E-state index in [0.717, 1.165) is 25.7 Å². The van der Waals surface area contributed by atoms with E-state index >= 15 is 0 Å². The fourth-order valence-electron chi connectivity index (χ4n) is 2.41. The number of ether oxygens (including phenoxy) is 1. The molecule has 0 bridgehead atoms. The van der Waals surface area contributed by atoms with Gasteiger partial charge < -0.3 is 15.0 Å². The van der Waals surface area contributed by atoms with Crippen molar-refractivity contribution in [2.24, 2.45) is 0 Å².